The summed E-state index contributed by atoms with van der Waals surface area (Å²) in [6.07, 6.45) is -3.54. The number of hydrogen-bond acceptors (Lipinski definition) is 3. The van der Waals surface area contributed by atoms with Crippen LogP contribution in [0.25, 0.3) is 11.0 Å². The van der Waals surface area contributed by atoms with Crippen molar-refractivity contribution < 1.29 is 27.2 Å². The molecule has 1 aromatic heterocycles. The maximum Gasteiger partial charge on any atom is 0.419 e. The highest BCUT2D eigenvalue weighted by atomic mass is 19.4. The van der Waals surface area contributed by atoms with Crippen LogP contribution in [0.5, 0.6) is 0 Å². The lowest BCUT2D eigenvalue weighted by Crippen LogP contribution is -2.46. The number of H-pyrrole nitrogens is 1. The molecule has 0 spiro atoms. The van der Waals surface area contributed by atoms with E-state index >= 15 is 0 Å². The average Bonchev–Trinajstić information content (AvgIpc) is 3.65. The van der Waals surface area contributed by atoms with Crippen LogP contribution >= 0.6 is 0 Å². The van der Waals surface area contributed by atoms with Crippen molar-refractivity contribution in [2.75, 3.05) is 5.32 Å². The number of aromatic amines is 1. The Morgan fingerprint density at radius 3 is 2.56 bits per heavy atom. The van der Waals surface area contributed by atoms with Crippen molar-refractivity contribution in [3.63, 3.8) is 0 Å². The number of amides is 2. The van der Waals surface area contributed by atoms with Gasteiger partial charge in [0.15, 0.2) is 0 Å². The van der Waals surface area contributed by atoms with E-state index in [1.54, 1.807) is 0 Å². The van der Waals surface area contributed by atoms with Crippen LogP contribution in [0, 0.1) is 11.7 Å². The van der Waals surface area contributed by atoms with Crippen LogP contribution in [0.2, 0.25) is 0 Å². The maximum atomic E-state index is 13.5. The summed E-state index contributed by atoms with van der Waals surface area (Å²) in [5, 5.41) is 5.12. The lowest BCUT2D eigenvalue weighted by atomic mass is 10.1. The van der Waals surface area contributed by atoms with Gasteiger partial charge in [-0.05, 0) is 49.6 Å². The van der Waals surface area contributed by atoms with Gasteiger partial charge < -0.3 is 15.6 Å². The second kappa shape index (κ2) is 7.04. The highest BCUT2D eigenvalue weighted by molar-refractivity contribution is 6.03. The number of benzene rings is 2. The number of rotatable bonds is 5. The minimum Gasteiger partial charge on any atom is -0.342 e. The highest BCUT2D eigenvalue weighted by Crippen LogP contribution is 2.48. The van der Waals surface area contributed by atoms with Gasteiger partial charge in [-0.25, -0.2) is 9.37 Å². The van der Waals surface area contributed by atoms with Crippen LogP contribution in [0.3, 0.4) is 0 Å². The first-order valence-electron chi connectivity index (χ1n) is 10.1. The second-order valence-electron chi connectivity index (χ2n) is 8.31. The molecule has 6 nitrogen and oxygen atoms in total. The van der Waals surface area contributed by atoms with Crippen LogP contribution in [-0.2, 0) is 15.8 Å². The highest BCUT2D eigenvalue weighted by Gasteiger charge is 2.55. The summed E-state index contributed by atoms with van der Waals surface area (Å²) >= 11 is 0. The number of imidazole rings is 1. The molecule has 2 amide bonds. The van der Waals surface area contributed by atoms with Gasteiger partial charge in [0, 0.05) is 17.5 Å². The Bertz CT molecular complexity index is 1200. The quantitative estimate of drug-likeness (QED) is 0.516. The molecule has 3 aromatic rings. The first-order chi connectivity index (χ1) is 15.2. The van der Waals surface area contributed by atoms with Crippen molar-refractivity contribution in [1.82, 2.24) is 15.3 Å². The molecule has 2 aromatic carbocycles. The summed E-state index contributed by atoms with van der Waals surface area (Å²) in [5.74, 6) is -2.03. The maximum absolute atomic E-state index is 13.5. The van der Waals surface area contributed by atoms with Crippen molar-refractivity contribution in [3.05, 3.63) is 59.7 Å². The van der Waals surface area contributed by atoms with Gasteiger partial charge in [0.05, 0.1) is 16.6 Å². The van der Waals surface area contributed by atoms with Gasteiger partial charge in [0.25, 0.3) is 0 Å². The summed E-state index contributed by atoms with van der Waals surface area (Å²) in [7, 11) is 0. The van der Waals surface area contributed by atoms with Crippen molar-refractivity contribution in [2.45, 2.75) is 36.9 Å². The number of carbonyl (C=O) groups excluding carboxylic acids is 2. The van der Waals surface area contributed by atoms with E-state index in [0.29, 0.717) is 37.2 Å². The van der Waals surface area contributed by atoms with Crippen LogP contribution in [0.1, 0.15) is 36.6 Å². The molecule has 5 rings (SSSR count). The number of aromatic nitrogens is 2. The zero-order valence-corrected chi connectivity index (χ0v) is 16.6. The van der Waals surface area contributed by atoms with Crippen molar-refractivity contribution in [3.8, 4) is 0 Å². The van der Waals surface area contributed by atoms with Crippen molar-refractivity contribution in [1.29, 1.82) is 0 Å². The molecular weight excluding hydrogens is 428 g/mol. The van der Waals surface area contributed by atoms with E-state index in [1.165, 1.54) is 0 Å². The topological polar surface area (TPSA) is 86.9 Å². The minimum absolute atomic E-state index is 0.0762. The van der Waals surface area contributed by atoms with Gasteiger partial charge in [-0.3, -0.25) is 9.59 Å². The Balaban J connectivity index is 1.24. The third-order valence-electron chi connectivity index (χ3n) is 5.96. The third kappa shape index (κ3) is 3.69. The standard InChI is InChI=1S/C22H18F4N4O2/c23-15-6-5-11(9-14(15)22(24,25)26)27-20(32)21(7-8-21)30-19(31)13-10-12(13)18-28-16-3-1-2-4-17(16)29-18/h1-6,9,12-13H,7-8,10H2,(H,27,32)(H,28,29)(H,30,31)/t12-,13?/m0/s1. The van der Waals surface area contributed by atoms with Gasteiger partial charge in [-0.2, -0.15) is 13.2 Å². The van der Waals surface area contributed by atoms with Crippen LogP contribution in [0.15, 0.2) is 42.5 Å². The predicted molar refractivity (Wildman–Crippen MR) is 107 cm³/mol. The van der Waals surface area contributed by atoms with Gasteiger partial charge in [-0.15, -0.1) is 0 Å². The molecule has 0 saturated heterocycles. The molecule has 166 valence electrons. The smallest absolute Gasteiger partial charge is 0.342 e. The summed E-state index contributed by atoms with van der Waals surface area (Å²) in [4.78, 5) is 33.1. The number of carbonyl (C=O) groups is 2. The number of anilines is 1. The molecule has 0 aliphatic heterocycles. The minimum atomic E-state index is -4.88. The second-order valence-corrected chi connectivity index (χ2v) is 8.31. The van der Waals surface area contributed by atoms with Gasteiger partial charge in [0.1, 0.15) is 17.2 Å². The molecular formula is C22H18F4N4O2. The fraction of sp³-hybridized carbons (Fsp3) is 0.318. The molecule has 0 radical (unpaired) electrons. The lowest BCUT2D eigenvalue weighted by Gasteiger charge is -2.18. The molecule has 2 aliphatic rings. The number of hydrogen-bond donors (Lipinski definition) is 3. The van der Waals surface area contributed by atoms with Gasteiger partial charge >= 0.3 is 6.18 Å². The Kier molecular flexibility index (Phi) is 4.51. The number of halogens is 4. The number of fused-ring (bicyclic) bond motifs is 1. The molecule has 1 heterocycles. The number of para-hydroxylation sites is 2. The Labute approximate surface area is 179 Å². The van der Waals surface area contributed by atoms with E-state index in [9.17, 15) is 27.2 Å². The Morgan fingerprint density at radius 2 is 1.88 bits per heavy atom. The van der Waals surface area contributed by atoms with Crippen molar-refractivity contribution >= 4 is 28.5 Å². The summed E-state index contributed by atoms with van der Waals surface area (Å²) < 4.78 is 52.2. The third-order valence-corrected chi connectivity index (χ3v) is 5.96. The SMILES string of the molecule is O=C(NC1(C(=O)Nc2ccc(F)c(C(F)(F)F)c2)CC1)C1C[C@@H]1c1nc2ccccc2[nH]1. The zero-order valence-electron chi connectivity index (χ0n) is 16.6. The molecule has 2 aliphatic carbocycles. The van der Waals surface area contributed by atoms with Crippen LogP contribution in [-0.4, -0.2) is 27.3 Å². The Hall–Kier alpha value is -3.43. The monoisotopic (exact) mass is 446 g/mol. The summed E-state index contributed by atoms with van der Waals surface area (Å²) in [6, 6.07) is 9.78. The largest absolute Gasteiger partial charge is 0.419 e. The molecule has 1 unspecified atom stereocenters. The lowest BCUT2D eigenvalue weighted by molar-refractivity contribution is -0.140. The summed E-state index contributed by atoms with van der Waals surface area (Å²) in [6.45, 7) is 0. The predicted octanol–water partition coefficient (Wildman–Crippen LogP) is 4.11. The molecule has 2 saturated carbocycles. The van der Waals surface area contributed by atoms with E-state index in [1.807, 2.05) is 24.3 Å². The zero-order chi connectivity index (χ0) is 22.7. The number of nitrogens with one attached hydrogen (secondary N) is 3. The first-order valence-corrected chi connectivity index (χ1v) is 10.1. The van der Waals surface area contributed by atoms with E-state index in [-0.39, 0.29) is 23.4 Å². The van der Waals surface area contributed by atoms with Gasteiger partial charge in [-0.1, -0.05) is 12.1 Å². The molecule has 10 heteroatoms. The average molecular weight is 446 g/mol. The molecule has 3 N–H and O–H groups in total. The van der Waals surface area contributed by atoms with E-state index in [0.717, 1.165) is 17.1 Å². The summed E-state index contributed by atoms with van der Waals surface area (Å²) in [5.41, 5.74) is -1.12. The number of nitrogens with zero attached hydrogens (tertiary/aromatic N) is 1. The van der Waals surface area contributed by atoms with Gasteiger partial charge in [0.2, 0.25) is 11.8 Å². The molecule has 2 fully saturated rings. The first kappa shape index (κ1) is 20.5. The van der Waals surface area contributed by atoms with E-state index in [4.69, 9.17) is 0 Å². The number of alkyl halides is 3. The molecule has 0 bridgehead atoms. The normalized spacial score (nSPS) is 21.2. The van der Waals surface area contributed by atoms with E-state index in [2.05, 4.69) is 20.6 Å². The molecule has 32 heavy (non-hydrogen) atoms. The van der Waals surface area contributed by atoms with Crippen LogP contribution in [0.4, 0.5) is 23.2 Å². The Morgan fingerprint density at radius 1 is 1.12 bits per heavy atom. The fourth-order valence-electron chi connectivity index (χ4n) is 3.87. The molecule has 2 atom stereocenters. The fourth-order valence-corrected chi connectivity index (χ4v) is 3.87. The van der Waals surface area contributed by atoms with Crippen molar-refractivity contribution in [2.24, 2.45) is 5.92 Å². The van der Waals surface area contributed by atoms with Crippen LogP contribution < -0.4 is 10.6 Å². The van der Waals surface area contributed by atoms with E-state index < -0.39 is 29.0 Å².